The van der Waals surface area contributed by atoms with Crippen LogP contribution in [0.2, 0.25) is 0 Å². The monoisotopic (exact) mass is 543 g/mol. The summed E-state index contributed by atoms with van der Waals surface area (Å²) >= 11 is 0. The molecule has 3 aromatic heterocycles. The van der Waals surface area contributed by atoms with Crippen LogP contribution in [0.3, 0.4) is 0 Å². The number of hydrogen-bond donors (Lipinski definition) is 3. The predicted octanol–water partition coefficient (Wildman–Crippen LogP) is 6.19. The lowest BCUT2D eigenvalue weighted by Crippen LogP contribution is -2.21. The Bertz CT molecular complexity index is 1950. The summed E-state index contributed by atoms with van der Waals surface area (Å²) in [6.07, 6.45) is 3.52. The Kier molecular flexibility index (Phi) is 6.55. The number of aromatic amines is 1. The second-order valence-electron chi connectivity index (χ2n) is 10.9. The summed E-state index contributed by atoms with van der Waals surface area (Å²) < 4.78 is 1.75. The predicted molar refractivity (Wildman–Crippen MR) is 162 cm³/mol. The van der Waals surface area contributed by atoms with Gasteiger partial charge in [-0.3, -0.25) is 10.1 Å². The number of H-pyrrole nitrogens is 1. The smallest absolute Gasteiger partial charge is 0.307 e. The molecule has 41 heavy (non-hydrogen) atoms. The molecule has 0 atom stereocenters. The van der Waals surface area contributed by atoms with Crippen molar-refractivity contribution in [1.82, 2.24) is 24.7 Å². The van der Waals surface area contributed by atoms with Gasteiger partial charge in [0.2, 0.25) is 0 Å². The van der Waals surface area contributed by atoms with Crippen LogP contribution < -0.4 is 16.2 Å². The number of pyridine rings is 1. The zero-order valence-corrected chi connectivity index (χ0v) is 23.0. The second-order valence-corrected chi connectivity index (χ2v) is 10.9. The average molecular weight is 544 g/mol. The molecule has 0 bridgehead atoms. The van der Waals surface area contributed by atoms with Crippen molar-refractivity contribution >= 4 is 39.5 Å². The molecule has 6 rings (SSSR count). The first-order chi connectivity index (χ1) is 19.8. The molecular formula is C32H29N7O2. The fraction of sp³-hybridized carbons (Fsp3) is 0.156. The van der Waals surface area contributed by atoms with E-state index >= 15 is 0 Å². The van der Waals surface area contributed by atoms with Crippen LogP contribution in [-0.2, 0) is 11.8 Å². The van der Waals surface area contributed by atoms with Gasteiger partial charge in [0.1, 0.15) is 11.3 Å². The highest BCUT2D eigenvalue weighted by atomic mass is 16.2. The number of rotatable bonds is 5. The molecular weight excluding hydrogens is 514 g/mol. The highest BCUT2D eigenvalue weighted by molar-refractivity contribution is 6.06. The minimum atomic E-state index is -0.367. The Morgan fingerprint density at radius 3 is 2.41 bits per heavy atom. The maximum atomic E-state index is 13.3. The number of anilines is 2. The highest BCUT2D eigenvalue weighted by Gasteiger charge is 2.22. The second kappa shape index (κ2) is 10.3. The van der Waals surface area contributed by atoms with E-state index in [0.717, 1.165) is 33.3 Å². The summed E-state index contributed by atoms with van der Waals surface area (Å²) in [5, 5.41) is 12.7. The summed E-state index contributed by atoms with van der Waals surface area (Å²) in [6, 6.07) is 25.0. The molecule has 0 saturated carbocycles. The first-order valence-corrected chi connectivity index (χ1v) is 13.3. The number of nitrogens with one attached hydrogen (secondary N) is 3. The van der Waals surface area contributed by atoms with Crippen LogP contribution in [0.15, 0.2) is 96.1 Å². The van der Waals surface area contributed by atoms with Gasteiger partial charge >= 0.3 is 6.03 Å². The Morgan fingerprint density at radius 1 is 0.878 bits per heavy atom. The van der Waals surface area contributed by atoms with Crippen LogP contribution in [-0.4, -0.2) is 30.8 Å². The number of urea groups is 1. The molecule has 0 saturated heterocycles. The quantitative estimate of drug-likeness (QED) is 0.240. The first-order valence-electron chi connectivity index (χ1n) is 13.3. The molecule has 0 radical (unpaired) electrons. The molecule has 0 aliphatic heterocycles. The third kappa shape index (κ3) is 5.29. The molecule has 0 aliphatic carbocycles. The largest absolute Gasteiger partial charge is 0.324 e. The maximum Gasteiger partial charge on any atom is 0.324 e. The third-order valence-corrected chi connectivity index (χ3v) is 6.92. The van der Waals surface area contributed by atoms with E-state index in [-0.39, 0.29) is 17.0 Å². The molecule has 3 heterocycles. The van der Waals surface area contributed by atoms with Gasteiger partial charge in [0.25, 0.3) is 5.56 Å². The van der Waals surface area contributed by atoms with E-state index < -0.39 is 0 Å². The minimum Gasteiger partial charge on any atom is -0.307 e. The van der Waals surface area contributed by atoms with Crippen LogP contribution in [0.4, 0.5) is 16.3 Å². The van der Waals surface area contributed by atoms with Crippen molar-refractivity contribution in [2.45, 2.75) is 32.6 Å². The molecule has 0 spiro atoms. The first kappa shape index (κ1) is 25.9. The van der Waals surface area contributed by atoms with Crippen molar-refractivity contribution in [3.05, 3.63) is 118 Å². The average Bonchev–Trinajstić information content (AvgIpc) is 3.39. The van der Waals surface area contributed by atoms with Gasteiger partial charge in [-0.25, -0.2) is 19.4 Å². The Labute approximate surface area is 236 Å². The summed E-state index contributed by atoms with van der Waals surface area (Å²) in [6.45, 7) is 6.27. The standard InChI is InChI=1S/C32H29N7O2/c1-32(2,3)26-18-27(39(38-26)22-9-5-4-6-10-22)36-31(41)35-25-14-13-20(23-11-7-8-12-24(23)25)17-21-15-16-33-30-29(21)34-19-28(40)37-30/h4-16,18-19H,17H2,1-3H3,(H,33,37,40)(H2,35,36,41). The van der Waals surface area contributed by atoms with Crippen molar-refractivity contribution in [1.29, 1.82) is 0 Å². The summed E-state index contributed by atoms with van der Waals surface area (Å²) in [7, 11) is 0. The van der Waals surface area contributed by atoms with E-state index in [4.69, 9.17) is 5.10 Å². The van der Waals surface area contributed by atoms with Crippen LogP contribution in [0, 0.1) is 0 Å². The van der Waals surface area contributed by atoms with Gasteiger partial charge in [-0.05, 0) is 40.8 Å². The third-order valence-electron chi connectivity index (χ3n) is 6.92. The lowest BCUT2D eigenvalue weighted by molar-refractivity contribution is 0.262. The molecule has 6 aromatic rings. The zero-order chi connectivity index (χ0) is 28.6. The van der Waals surface area contributed by atoms with Crippen LogP contribution in [0.25, 0.3) is 27.6 Å². The zero-order valence-electron chi connectivity index (χ0n) is 23.0. The lowest BCUT2D eigenvalue weighted by Gasteiger charge is -2.14. The number of carbonyl (C=O) groups is 1. The molecule has 0 fully saturated rings. The van der Waals surface area contributed by atoms with Crippen molar-refractivity contribution < 1.29 is 4.79 Å². The molecule has 2 amide bonds. The molecule has 0 unspecified atom stereocenters. The van der Waals surface area contributed by atoms with E-state index in [1.807, 2.05) is 78.9 Å². The number of amides is 2. The van der Waals surface area contributed by atoms with Gasteiger partial charge in [0, 0.05) is 29.5 Å². The normalized spacial score (nSPS) is 11.6. The van der Waals surface area contributed by atoms with E-state index in [1.54, 1.807) is 10.9 Å². The number of nitrogens with zero attached hydrogens (tertiary/aromatic N) is 4. The molecule has 0 aliphatic rings. The summed E-state index contributed by atoms with van der Waals surface area (Å²) in [4.78, 5) is 36.3. The van der Waals surface area contributed by atoms with Gasteiger partial charge in [0.15, 0.2) is 5.65 Å². The van der Waals surface area contributed by atoms with E-state index in [1.165, 1.54) is 6.20 Å². The van der Waals surface area contributed by atoms with E-state index in [2.05, 4.69) is 46.4 Å². The Hall–Kier alpha value is -5.31. The number of para-hydroxylation sites is 1. The van der Waals surface area contributed by atoms with Crippen LogP contribution >= 0.6 is 0 Å². The van der Waals surface area contributed by atoms with Gasteiger partial charge in [-0.1, -0.05) is 69.3 Å². The molecule has 9 nitrogen and oxygen atoms in total. The number of hydrogen-bond acceptors (Lipinski definition) is 5. The molecule has 204 valence electrons. The maximum absolute atomic E-state index is 13.3. The fourth-order valence-electron chi connectivity index (χ4n) is 4.85. The van der Waals surface area contributed by atoms with Crippen molar-refractivity contribution in [3.8, 4) is 5.69 Å². The van der Waals surface area contributed by atoms with Gasteiger partial charge in [-0.2, -0.15) is 5.10 Å². The van der Waals surface area contributed by atoms with Crippen LogP contribution in [0.1, 0.15) is 37.6 Å². The van der Waals surface area contributed by atoms with Gasteiger partial charge in [0.05, 0.1) is 23.3 Å². The Morgan fingerprint density at radius 2 is 1.63 bits per heavy atom. The highest BCUT2D eigenvalue weighted by Crippen LogP contribution is 2.30. The van der Waals surface area contributed by atoms with Gasteiger partial charge in [-0.15, -0.1) is 0 Å². The lowest BCUT2D eigenvalue weighted by atomic mass is 9.92. The van der Waals surface area contributed by atoms with Crippen molar-refractivity contribution in [2.75, 3.05) is 10.6 Å². The van der Waals surface area contributed by atoms with E-state index in [9.17, 15) is 9.59 Å². The number of carbonyl (C=O) groups excluding carboxylic acids is 1. The molecule has 3 N–H and O–H groups in total. The summed E-state index contributed by atoms with van der Waals surface area (Å²) in [5.41, 5.74) is 5.05. The minimum absolute atomic E-state index is 0.191. The Balaban J connectivity index is 1.30. The summed E-state index contributed by atoms with van der Waals surface area (Å²) in [5.74, 6) is 0.578. The number of benzene rings is 3. The topological polar surface area (TPSA) is 118 Å². The fourth-order valence-corrected chi connectivity index (χ4v) is 4.85. The molecule has 3 aromatic carbocycles. The van der Waals surface area contributed by atoms with Crippen LogP contribution in [0.5, 0.6) is 0 Å². The van der Waals surface area contributed by atoms with Gasteiger partial charge < -0.3 is 10.3 Å². The number of aromatic nitrogens is 5. The molecule has 9 heteroatoms. The SMILES string of the molecule is CC(C)(C)c1cc(NC(=O)Nc2ccc(Cc3ccnc4[nH]c(=O)cnc34)c3ccccc23)n(-c2ccccc2)n1. The van der Waals surface area contributed by atoms with E-state index in [0.29, 0.717) is 29.1 Å². The van der Waals surface area contributed by atoms with Crippen molar-refractivity contribution in [2.24, 2.45) is 0 Å². The number of fused-ring (bicyclic) bond motifs is 2. The van der Waals surface area contributed by atoms with Crippen molar-refractivity contribution in [3.63, 3.8) is 0 Å².